The zero-order chi connectivity index (χ0) is 14.0. The van der Waals surface area contributed by atoms with Gasteiger partial charge in [0, 0.05) is 44.3 Å². The highest BCUT2D eigenvalue weighted by atomic mass is 16.2. The molecule has 0 fully saturated rings. The SMILES string of the molecule is CN(C)CCN(C)C(=O)c1cn(C)c2ccccc12. The van der Waals surface area contributed by atoms with Crippen LogP contribution >= 0.6 is 0 Å². The number of hydrogen-bond acceptors (Lipinski definition) is 2. The molecule has 0 bridgehead atoms. The highest BCUT2D eigenvalue weighted by Gasteiger charge is 2.17. The van der Waals surface area contributed by atoms with Gasteiger partial charge >= 0.3 is 0 Å². The van der Waals surface area contributed by atoms with E-state index >= 15 is 0 Å². The lowest BCUT2D eigenvalue weighted by Gasteiger charge is -2.19. The van der Waals surface area contributed by atoms with E-state index in [9.17, 15) is 4.79 Å². The summed E-state index contributed by atoms with van der Waals surface area (Å²) in [5, 5.41) is 1.02. The first-order valence-corrected chi connectivity index (χ1v) is 6.45. The zero-order valence-corrected chi connectivity index (χ0v) is 12.1. The largest absolute Gasteiger partial charge is 0.350 e. The fourth-order valence-corrected chi connectivity index (χ4v) is 2.17. The lowest BCUT2D eigenvalue weighted by Crippen LogP contribution is -2.33. The number of nitrogens with zero attached hydrogens (tertiary/aromatic N) is 3. The van der Waals surface area contributed by atoms with Crippen molar-refractivity contribution in [2.75, 3.05) is 34.2 Å². The molecule has 1 amide bonds. The van der Waals surface area contributed by atoms with Gasteiger partial charge in [0.2, 0.25) is 0 Å². The van der Waals surface area contributed by atoms with Crippen LogP contribution in [0, 0.1) is 0 Å². The van der Waals surface area contributed by atoms with E-state index in [0.717, 1.165) is 29.6 Å². The van der Waals surface area contributed by atoms with Crippen molar-refractivity contribution < 1.29 is 4.79 Å². The Bertz CT molecular complexity index is 586. The Morgan fingerprint density at radius 3 is 2.53 bits per heavy atom. The van der Waals surface area contributed by atoms with E-state index in [-0.39, 0.29) is 5.91 Å². The van der Waals surface area contributed by atoms with Crippen LogP contribution in [0.4, 0.5) is 0 Å². The van der Waals surface area contributed by atoms with Crippen molar-refractivity contribution in [1.29, 1.82) is 0 Å². The third-order valence-corrected chi connectivity index (χ3v) is 3.36. The molecule has 1 heterocycles. The number of aryl methyl sites for hydroxylation is 1. The maximum Gasteiger partial charge on any atom is 0.255 e. The highest BCUT2D eigenvalue weighted by Crippen LogP contribution is 2.21. The lowest BCUT2D eigenvalue weighted by molar-refractivity contribution is 0.0788. The van der Waals surface area contributed by atoms with Crippen molar-refractivity contribution in [3.63, 3.8) is 0 Å². The van der Waals surface area contributed by atoms with E-state index in [2.05, 4.69) is 4.90 Å². The summed E-state index contributed by atoms with van der Waals surface area (Å²) in [4.78, 5) is 16.3. The second kappa shape index (κ2) is 5.45. The van der Waals surface area contributed by atoms with Gasteiger partial charge in [-0.3, -0.25) is 4.79 Å². The molecule has 2 rings (SSSR count). The van der Waals surface area contributed by atoms with Crippen molar-refractivity contribution in [2.45, 2.75) is 0 Å². The van der Waals surface area contributed by atoms with Gasteiger partial charge in [0.05, 0.1) is 5.56 Å². The molecule has 0 saturated carbocycles. The molecule has 0 radical (unpaired) electrons. The summed E-state index contributed by atoms with van der Waals surface area (Å²) < 4.78 is 2.00. The lowest BCUT2D eigenvalue weighted by atomic mass is 10.1. The van der Waals surface area contributed by atoms with Gasteiger partial charge in [-0.15, -0.1) is 0 Å². The van der Waals surface area contributed by atoms with Gasteiger partial charge in [0.25, 0.3) is 5.91 Å². The topological polar surface area (TPSA) is 28.5 Å². The third-order valence-electron chi connectivity index (χ3n) is 3.36. The summed E-state index contributed by atoms with van der Waals surface area (Å²) in [5.41, 5.74) is 1.87. The number of para-hydroxylation sites is 1. The monoisotopic (exact) mass is 259 g/mol. The predicted molar refractivity (Wildman–Crippen MR) is 78.4 cm³/mol. The van der Waals surface area contributed by atoms with Crippen LogP contribution in [-0.4, -0.2) is 54.5 Å². The minimum atomic E-state index is 0.0821. The Morgan fingerprint density at radius 1 is 1.16 bits per heavy atom. The smallest absolute Gasteiger partial charge is 0.255 e. The normalized spacial score (nSPS) is 11.2. The maximum absolute atomic E-state index is 12.5. The minimum absolute atomic E-state index is 0.0821. The summed E-state index contributed by atoms with van der Waals surface area (Å²) in [7, 11) is 7.85. The standard InChI is InChI=1S/C15H21N3O/c1-16(2)9-10-17(3)15(19)13-11-18(4)14-8-6-5-7-12(13)14/h5-8,11H,9-10H2,1-4H3. The number of benzene rings is 1. The summed E-state index contributed by atoms with van der Waals surface area (Å²) >= 11 is 0. The van der Waals surface area contributed by atoms with Crippen LogP contribution in [-0.2, 0) is 7.05 Å². The molecular formula is C15H21N3O. The Kier molecular flexibility index (Phi) is 3.90. The Hall–Kier alpha value is -1.81. The Labute approximate surface area is 114 Å². The van der Waals surface area contributed by atoms with Gasteiger partial charge < -0.3 is 14.4 Å². The number of carbonyl (C=O) groups excluding carboxylic acids is 1. The van der Waals surface area contributed by atoms with Crippen LogP contribution < -0.4 is 0 Å². The van der Waals surface area contributed by atoms with Crippen molar-refractivity contribution in [1.82, 2.24) is 14.4 Å². The van der Waals surface area contributed by atoms with E-state index in [1.54, 1.807) is 4.90 Å². The quantitative estimate of drug-likeness (QED) is 0.838. The summed E-state index contributed by atoms with van der Waals surface area (Å²) in [6, 6.07) is 8.00. The molecule has 102 valence electrons. The molecule has 4 nitrogen and oxygen atoms in total. The molecule has 0 N–H and O–H groups in total. The number of aromatic nitrogens is 1. The van der Waals surface area contributed by atoms with E-state index in [1.165, 1.54) is 0 Å². The van der Waals surface area contributed by atoms with Crippen LogP contribution in [0.2, 0.25) is 0 Å². The molecule has 0 aliphatic rings. The third kappa shape index (κ3) is 2.79. The molecule has 19 heavy (non-hydrogen) atoms. The fraction of sp³-hybridized carbons (Fsp3) is 0.400. The number of rotatable bonds is 4. The van der Waals surface area contributed by atoms with Gasteiger partial charge in [-0.2, -0.15) is 0 Å². The second-order valence-electron chi connectivity index (χ2n) is 5.20. The predicted octanol–water partition coefficient (Wildman–Crippen LogP) is 1.81. The zero-order valence-electron chi connectivity index (χ0n) is 12.1. The molecule has 0 aliphatic heterocycles. The Morgan fingerprint density at radius 2 is 1.84 bits per heavy atom. The van der Waals surface area contributed by atoms with E-state index in [1.807, 2.05) is 63.2 Å². The molecule has 0 saturated heterocycles. The summed E-state index contributed by atoms with van der Waals surface area (Å²) in [5.74, 6) is 0.0821. The average molecular weight is 259 g/mol. The van der Waals surface area contributed by atoms with Crippen molar-refractivity contribution >= 4 is 16.8 Å². The highest BCUT2D eigenvalue weighted by molar-refractivity contribution is 6.06. The first-order chi connectivity index (χ1) is 9.00. The van der Waals surface area contributed by atoms with Crippen LogP contribution in [0.5, 0.6) is 0 Å². The van der Waals surface area contributed by atoms with Crippen LogP contribution in [0.15, 0.2) is 30.5 Å². The minimum Gasteiger partial charge on any atom is -0.350 e. The van der Waals surface area contributed by atoms with Gasteiger partial charge in [-0.1, -0.05) is 18.2 Å². The van der Waals surface area contributed by atoms with E-state index in [4.69, 9.17) is 0 Å². The number of likely N-dealkylation sites (N-methyl/N-ethyl adjacent to an activating group) is 2. The Balaban J connectivity index is 2.26. The molecule has 0 aliphatic carbocycles. The van der Waals surface area contributed by atoms with Gasteiger partial charge in [-0.25, -0.2) is 0 Å². The molecule has 4 heteroatoms. The maximum atomic E-state index is 12.5. The first kappa shape index (κ1) is 13.6. The van der Waals surface area contributed by atoms with E-state index in [0.29, 0.717) is 0 Å². The van der Waals surface area contributed by atoms with Crippen molar-refractivity contribution in [2.24, 2.45) is 7.05 Å². The molecular weight excluding hydrogens is 238 g/mol. The molecule has 2 aromatic rings. The molecule has 0 spiro atoms. The number of hydrogen-bond donors (Lipinski definition) is 0. The van der Waals surface area contributed by atoms with Crippen LogP contribution in [0.25, 0.3) is 10.9 Å². The molecule has 1 aromatic heterocycles. The van der Waals surface area contributed by atoms with Crippen LogP contribution in [0.1, 0.15) is 10.4 Å². The fourth-order valence-electron chi connectivity index (χ4n) is 2.17. The number of amides is 1. The van der Waals surface area contributed by atoms with Crippen LogP contribution in [0.3, 0.4) is 0 Å². The molecule has 0 atom stereocenters. The summed E-state index contributed by atoms with van der Waals surface area (Å²) in [6.45, 7) is 1.60. The van der Waals surface area contributed by atoms with Crippen molar-refractivity contribution in [3.05, 3.63) is 36.0 Å². The number of fused-ring (bicyclic) bond motifs is 1. The van der Waals surface area contributed by atoms with Gasteiger partial charge in [-0.05, 0) is 20.2 Å². The molecule has 1 aromatic carbocycles. The van der Waals surface area contributed by atoms with Gasteiger partial charge in [0.15, 0.2) is 0 Å². The van der Waals surface area contributed by atoms with Crippen molar-refractivity contribution in [3.8, 4) is 0 Å². The first-order valence-electron chi connectivity index (χ1n) is 6.45. The molecule has 0 unspecified atom stereocenters. The van der Waals surface area contributed by atoms with E-state index < -0.39 is 0 Å². The average Bonchev–Trinajstić information content (AvgIpc) is 2.73. The summed E-state index contributed by atoms with van der Waals surface area (Å²) in [6.07, 6.45) is 1.92. The van der Waals surface area contributed by atoms with Gasteiger partial charge in [0.1, 0.15) is 0 Å². The number of carbonyl (C=O) groups is 1. The second-order valence-corrected chi connectivity index (χ2v) is 5.20.